The molecule has 1 N–H and O–H groups in total. The van der Waals surface area contributed by atoms with Gasteiger partial charge in [0.25, 0.3) is 0 Å². The van der Waals surface area contributed by atoms with E-state index < -0.39 is 10.0 Å². The highest BCUT2D eigenvalue weighted by Gasteiger charge is 2.29. The lowest BCUT2D eigenvalue weighted by atomic mass is 10.0. The zero-order valence-corrected chi connectivity index (χ0v) is 17.2. The van der Waals surface area contributed by atoms with Crippen LogP contribution in [0.25, 0.3) is 0 Å². The Morgan fingerprint density at radius 1 is 0.964 bits per heavy atom. The van der Waals surface area contributed by atoms with E-state index in [1.54, 1.807) is 35.2 Å². The number of hydrogen-bond donors (Lipinski definition) is 1. The number of benzene rings is 2. The van der Waals surface area contributed by atoms with E-state index in [0.29, 0.717) is 37.0 Å². The molecular weight excluding hydrogens is 374 g/mol. The van der Waals surface area contributed by atoms with Crippen LogP contribution in [0.15, 0.2) is 59.5 Å². The molecule has 7 heteroatoms. The van der Waals surface area contributed by atoms with Crippen LogP contribution in [0.5, 0.6) is 0 Å². The summed E-state index contributed by atoms with van der Waals surface area (Å²) in [4.78, 5) is 14.6. The third kappa shape index (κ3) is 4.54. The number of piperazine rings is 1. The number of sulfonamides is 1. The van der Waals surface area contributed by atoms with Crippen LogP contribution in [-0.4, -0.2) is 56.3 Å². The predicted molar refractivity (Wildman–Crippen MR) is 111 cm³/mol. The number of anilines is 1. The number of hydrogen-bond acceptors (Lipinski definition) is 4. The normalized spacial score (nSPS) is 15.6. The van der Waals surface area contributed by atoms with Gasteiger partial charge >= 0.3 is 0 Å². The van der Waals surface area contributed by atoms with Crippen molar-refractivity contribution in [3.05, 3.63) is 60.2 Å². The minimum Gasteiger partial charge on any atom is -0.376 e. The molecule has 0 saturated carbocycles. The average molecular weight is 402 g/mol. The maximum Gasteiger partial charge on any atom is 0.243 e. The Labute approximate surface area is 167 Å². The number of rotatable bonds is 6. The fourth-order valence-electron chi connectivity index (χ4n) is 3.36. The van der Waals surface area contributed by atoms with Crippen molar-refractivity contribution in [1.82, 2.24) is 9.21 Å². The molecule has 0 spiro atoms. The van der Waals surface area contributed by atoms with Crippen LogP contribution in [0.4, 0.5) is 5.69 Å². The van der Waals surface area contributed by atoms with Gasteiger partial charge in [-0.25, -0.2) is 8.42 Å². The van der Waals surface area contributed by atoms with Crippen molar-refractivity contribution in [3.8, 4) is 0 Å². The molecule has 28 heavy (non-hydrogen) atoms. The third-order valence-corrected chi connectivity index (χ3v) is 6.90. The van der Waals surface area contributed by atoms with E-state index >= 15 is 0 Å². The number of nitrogens with zero attached hydrogens (tertiary/aromatic N) is 2. The summed E-state index contributed by atoms with van der Waals surface area (Å²) in [5.41, 5.74) is 2.14. The first-order valence-electron chi connectivity index (χ1n) is 9.55. The summed E-state index contributed by atoms with van der Waals surface area (Å²) in [6, 6.07) is 16.4. The molecule has 0 atom stereocenters. The number of para-hydroxylation sites is 1. The van der Waals surface area contributed by atoms with Gasteiger partial charge in [0.1, 0.15) is 0 Å². The zero-order valence-electron chi connectivity index (χ0n) is 16.3. The van der Waals surface area contributed by atoms with Crippen LogP contribution >= 0.6 is 0 Å². The first-order valence-corrected chi connectivity index (χ1v) is 11.0. The van der Waals surface area contributed by atoms with Gasteiger partial charge in [-0.05, 0) is 29.7 Å². The second-order valence-corrected chi connectivity index (χ2v) is 9.13. The van der Waals surface area contributed by atoms with Crippen molar-refractivity contribution >= 4 is 21.6 Å². The second kappa shape index (κ2) is 8.75. The van der Waals surface area contributed by atoms with Crippen molar-refractivity contribution in [1.29, 1.82) is 0 Å². The van der Waals surface area contributed by atoms with Gasteiger partial charge in [-0.3, -0.25) is 4.79 Å². The minimum atomic E-state index is -3.50. The molecule has 0 aliphatic carbocycles. The second-order valence-electron chi connectivity index (χ2n) is 7.19. The Hall–Kier alpha value is -2.38. The summed E-state index contributed by atoms with van der Waals surface area (Å²) >= 11 is 0. The van der Waals surface area contributed by atoms with E-state index in [1.807, 2.05) is 18.2 Å². The molecule has 0 unspecified atom stereocenters. The molecule has 0 radical (unpaired) electrons. The average Bonchev–Trinajstić information content (AvgIpc) is 2.73. The number of nitrogens with one attached hydrogen (secondary N) is 1. The van der Waals surface area contributed by atoms with Crippen LogP contribution in [0.2, 0.25) is 0 Å². The molecular formula is C21H27N3O3S. The Morgan fingerprint density at radius 2 is 1.57 bits per heavy atom. The standard InChI is InChI=1S/C21H27N3O3S/c1-17(2)19-10-6-7-11-20(19)22-16-21(25)23-12-14-24(15-13-23)28(26,27)18-8-4-3-5-9-18/h3-11,17,22H,12-16H2,1-2H3. The lowest BCUT2D eigenvalue weighted by molar-refractivity contribution is -0.130. The molecule has 0 aromatic heterocycles. The maximum absolute atomic E-state index is 12.7. The van der Waals surface area contributed by atoms with E-state index in [0.717, 1.165) is 5.69 Å². The van der Waals surface area contributed by atoms with E-state index in [2.05, 4.69) is 25.2 Å². The summed E-state index contributed by atoms with van der Waals surface area (Å²) in [5.74, 6) is 0.348. The van der Waals surface area contributed by atoms with Crippen LogP contribution in [0.3, 0.4) is 0 Å². The number of amides is 1. The van der Waals surface area contributed by atoms with Gasteiger partial charge in [0, 0.05) is 31.9 Å². The van der Waals surface area contributed by atoms with Gasteiger partial charge in [-0.1, -0.05) is 50.2 Å². The van der Waals surface area contributed by atoms with Crippen LogP contribution in [-0.2, 0) is 14.8 Å². The lowest BCUT2D eigenvalue weighted by Gasteiger charge is -2.34. The van der Waals surface area contributed by atoms with Crippen LogP contribution < -0.4 is 5.32 Å². The Balaban J connectivity index is 1.56. The molecule has 3 rings (SSSR count). The fraction of sp³-hybridized carbons (Fsp3) is 0.381. The Bertz CT molecular complexity index is 906. The van der Waals surface area contributed by atoms with Gasteiger partial charge < -0.3 is 10.2 Å². The summed E-state index contributed by atoms with van der Waals surface area (Å²) in [7, 11) is -3.50. The lowest BCUT2D eigenvalue weighted by Crippen LogP contribution is -2.51. The van der Waals surface area contributed by atoms with Gasteiger partial charge in [-0.15, -0.1) is 0 Å². The highest BCUT2D eigenvalue weighted by Crippen LogP contribution is 2.23. The molecule has 1 fully saturated rings. The predicted octanol–water partition coefficient (Wildman–Crippen LogP) is 2.76. The van der Waals surface area contributed by atoms with Gasteiger partial charge in [0.2, 0.25) is 15.9 Å². The third-order valence-electron chi connectivity index (χ3n) is 4.99. The van der Waals surface area contributed by atoms with Gasteiger partial charge in [-0.2, -0.15) is 4.31 Å². The van der Waals surface area contributed by atoms with E-state index in [1.165, 1.54) is 9.87 Å². The molecule has 1 aliphatic heterocycles. The maximum atomic E-state index is 12.7. The molecule has 150 valence electrons. The molecule has 1 heterocycles. The van der Waals surface area contributed by atoms with Crippen molar-refractivity contribution in [2.24, 2.45) is 0 Å². The summed E-state index contributed by atoms with van der Waals surface area (Å²) in [6.45, 7) is 5.87. The zero-order chi connectivity index (χ0) is 20.1. The first-order chi connectivity index (χ1) is 13.4. The molecule has 2 aromatic rings. The summed E-state index contributed by atoms with van der Waals surface area (Å²) < 4.78 is 26.8. The monoisotopic (exact) mass is 401 g/mol. The SMILES string of the molecule is CC(C)c1ccccc1NCC(=O)N1CCN(S(=O)(=O)c2ccccc2)CC1. The van der Waals surface area contributed by atoms with E-state index in [4.69, 9.17) is 0 Å². The van der Waals surface area contributed by atoms with E-state index in [9.17, 15) is 13.2 Å². The number of carbonyl (C=O) groups is 1. The highest BCUT2D eigenvalue weighted by molar-refractivity contribution is 7.89. The molecule has 1 aliphatic rings. The highest BCUT2D eigenvalue weighted by atomic mass is 32.2. The quantitative estimate of drug-likeness (QED) is 0.808. The van der Waals surface area contributed by atoms with E-state index in [-0.39, 0.29) is 12.5 Å². The number of carbonyl (C=O) groups excluding carboxylic acids is 1. The first kappa shape index (κ1) is 20.4. The molecule has 1 amide bonds. The van der Waals surface area contributed by atoms with Crippen molar-refractivity contribution < 1.29 is 13.2 Å². The molecule has 2 aromatic carbocycles. The Morgan fingerprint density at radius 3 is 2.21 bits per heavy atom. The molecule has 0 bridgehead atoms. The van der Waals surface area contributed by atoms with Gasteiger partial charge in [0.15, 0.2) is 0 Å². The van der Waals surface area contributed by atoms with Crippen molar-refractivity contribution in [2.75, 3.05) is 38.0 Å². The molecule has 6 nitrogen and oxygen atoms in total. The van der Waals surface area contributed by atoms with Crippen molar-refractivity contribution in [2.45, 2.75) is 24.7 Å². The van der Waals surface area contributed by atoms with Crippen molar-refractivity contribution in [3.63, 3.8) is 0 Å². The smallest absolute Gasteiger partial charge is 0.243 e. The molecule has 1 saturated heterocycles. The summed E-state index contributed by atoms with van der Waals surface area (Å²) in [6.07, 6.45) is 0. The van der Waals surface area contributed by atoms with Crippen LogP contribution in [0, 0.1) is 0 Å². The largest absolute Gasteiger partial charge is 0.376 e. The Kier molecular flexibility index (Phi) is 6.36. The topological polar surface area (TPSA) is 69.7 Å². The summed E-state index contributed by atoms with van der Waals surface area (Å²) in [5, 5.41) is 3.24. The van der Waals surface area contributed by atoms with Gasteiger partial charge in [0.05, 0.1) is 11.4 Å². The fourth-order valence-corrected chi connectivity index (χ4v) is 4.81. The van der Waals surface area contributed by atoms with Crippen LogP contribution in [0.1, 0.15) is 25.3 Å². The minimum absolute atomic E-state index is 0.0182.